The maximum absolute atomic E-state index is 6.23. The molecule has 2 aromatic carbocycles. The van der Waals surface area contributed by atoms with Crippen LogP contribution in [0.5, 0.6) is 0 Å². The van der Waals surface area contributed by atoms with Gasteiger partial charge in [-0.3, -0.25) is 4.90 Å². The van der Waals surface area contributed by atoms with Crippen LogP contribution in [0, 0.1) is 0 Å². The lowest BCUT2D eigenvalue weighted by atomic mass is 9.79. The molecule has 1 heterocycles. The third-order valence-corrected chi connectivity index (χ3v) is 4.26. The summed E-state index contributed by atoms with van der Waals surface area (Å²) in [6.07, 6.45) is 0. The monoisotopic (exact) mass is 266 g/mol. The Morgan fingerprint density at radius 1 is 1.05 bits per heavy atom. The Morgan fingerprint density at radius 3 is 2.25 bits per heavy atom. The number of likely N-dealkylation sites (tertiary alicyclic amines) is 1. The summed E-state index contributed by atoms with van der Waals surface area (Å²) in [6, 6.07) is 22.0. The van der Waals surface area contributed by atoms with Gasteiger partial charge in [-0.15, -0.1) is 0 Å². The van der Waals surface area contributed by atoms with Crippen molar-refractivity contribution in [3.05, 3.63) is 71.8 Å². The predicted molar refractivity (Wildman–Crippen MR) is 83.5 cm³/mol. The summed E-state index contributed by atoms with van der Waals surface area (Å²) in [5, 5.41) is 0. The maximum atomic E-state index is 6.23. The molecule has 0 bridgehead atoms. The third kappa shape index (κ3) is 2.62. The number of nitrogens with zero attached hydrogens (tertiary/aromatic N) is 1. The molecule has 0 aromatic heterocycles. The van der Waals surface area contributed by atoms with E-state index in [0.29, 0.717) is 12.0 Å². The lowest BCUT2D eigenvalue weighted by molar-refractivity contribution is 0.0367. The van der Waals surface area contributed by atoms with Crippen molar-refractivity contribution >= 4 is 0 Å². The molecule has 0 saturated carbocycles. The molecule has 3 rings (SSSR count). The Morgan fingerprint density at radius 2 is 1.65 bits per heavy atom. The van der Waals surface area contributed by atoms with Gasteiger partial charge in [-0.1, -0.05) is 60.7 Å². The molecule has 20 heavy (non-hydrogen) atoms. The molecule has 1 aliphatic rings. The zero-order chi connectivity index (χ0) is 13.9. The molecule has 3 atom stereocenters. The standard InChI is InChI=1S/C18H22N2/c1-14(19)18-17(16-10-6-3-7-11-16)13-20(18)12-15-8-4-2-5-9-15/h2-11,14,17-18H,12-13,19H2,1H3/t14-,17+,18-/m1/s1. The molecular weight excluding hydrogens is 244 g/mol. The third-order valence-electron chi connectivity index (χ3n) is 4.26. The van der Waals surface area contributed by atoms with Gasteiger partial charge in [0, 0.05) is 31.1 Å². The van der Waals surface area contributed by atoms with E-state index in [1.807, 2.05) is 0 Å². The van der Waals surface area contributed by atoms with Crippen molar-refractivity contribution < 1.29 is 0 Å². The molecule has 2 nitrogen and oxygen atoms in total. The summed E-state index contributed by atoms with van der Waals surface area (Å²) >= 11 is 0. The van der Waals surface area contributed by atoms with Gasteiger partial charge in [-0.05, 0) is 18.1 Å². The van der Waals surface area contributed by atoms with Gasteiger partial charge in [0.15, 0.2) is 0 Å². The molecule has 2 aromatic rings. The van der Waals surface area contributed by atoms with Gasteiger partial charge in [0.2, 0.25) is 0 Å². The summed E-state index contributed by atoms with van der Waals surface area (Å²) in [7, 11) is 0. The lowest BCUT2D eigenvalue weighted by Gasteiger charge is -2.50. The van der Waals surface area contributed by atoms with Gasteiger partial charge in [0.1, 0.15) is 0 Å². The van der Waals surface area contributed by atoms with Crippen LogP contribution in [-0.2, 0) is 6.54 Å². The number of hydrogen-bond donors (Lipinski definition) is 1. The molecule has 1 fully saturated rings. The van der Waals surface area contributed by atoms with Crippen LogP contribution in [0.1, 0.15) is 24.0 Å². The molecule has 2 N–H and O–H groups in total. The molecular formula is C18H22N2. The van der Waals surface area contributed by atoms with Crippen molar-refractivity contribution in [1.29, 1.82) is 0 Å². The molecule has 0 radical (unpaired) electrons. The molecule has 0 amide bonds. The summed E-state index contributed by atoms with van der Waals surface area (Å²) < 4.78 is 0. The smallest absolute Gasteiger partial charge is 0.0329 e. The van der Waals surface area contributed by atoms with Gasteiger partial charge < -0.3 is 5.73 Å². The molecule has 2 heteroatoms. The van der Waals surface area contributed by atoms with E-state index in [2.05, 4.69) is 72.5 Å². The Hall–Kier alpha value is -1.64. The van der Waals surface area contributed by atoms with Crippen molar-refractivity contribution in [3.8, 4) is 0 Å². The highest BCUT2D eigenvalue weighted by Crippen LogP contribution is 2.36. The van der Waals surface area contributed by atoms with E-state index in [4.69, 9.17) is 5.73 Å². The number of hydrogen-bond acceptors (Lipinski definition) is 2. The average molecular weight is 266 g/mol. The van der Waals surface area contributed by atoms with E-state index >= 15 is 0 Å². The fraction of sp³-hybridized carbons (Fsp3) is 0.333. The molecule has 0 unspecified atom stereocenters. The second-order valence-corrected chi connectivity index (χ2v) is 5.78. The molecule has 0 spiro atoms. The highest BCUT2D eigenvalue weighted by atomic mass is 15.2. The first-order valence-electron chi connectivity index (χ1n) is 7.34. The summed E-state index contributed by atoms with van der Waals surface area (Å²) in [4.78, 5) is 2.50. The molecule has 1 aliphatic heterocycles. The highest BCUT2D eigenvalue weighted by molar-refractivity contribution is 5.27. The zero-order valence-electron chi connectivity index (χ0n) is 11.9. The Balaban J connectivity index is 1.73. The zero-order valence-corrected chi connectivity index (χ0v) is 11.9. The summed E-state index contributed by atoms with van der Waals surface area (Å²) in [5.41, 5.74) is 9.01. The van der Waals surface area contributed by atoms with Crippen LogP contribution in [0.4, 0.5) is 0 Å². The van der Waals surface area contributed by atoms with E-state index in [1.165, 1.54) is 11.1 Å². The van der Waals surface area contributed by atoms with Crippen molar-refractivity contribution in [2.24, 2.45) is 5.73 Å². The minimum Gasteiger partial charge on any atom is -0.327 e. The van der Waals surface area contributed by atoms with Gasteiger partial charge >= 0.3 is 0 Å². The highest BCUT2D eigenvalue weighted by Gasteiger charge is 2.41. The van der Waals surface area contributed by atoms with Crippen LogP contribution in [0.2, 0.25) is 0 Å². The minimum absolute atomic E-state index is 0.192. The number of nitrogens with two attached hydrogens (primary N) is 1. The minimum atomic E-state index is 0.192. The first kappa shape index (κ1) is 13.3. The van der Waals surface area contributed by atoms with Crippen LogP contribution in [-0.4, -0.2) is 23.5 Å². The van der Waals surface area contributed by atoms with Crippen LogP contribution in [0.15, 0.2) is 60.7 Å². The van der Waals surface area contributed by atoms with Crippen LogP contribution in [0.25, 0.3) is 0 Å². The van der Waals surface area contributed by atoms with Crippen LogP contribution >= 0.6 is 0 Å². The first-order chi connectivity index (χ1) is 9.75. The molecule has 1 saturated heterocycles. The van der Waals surface area contributed by atoms with Crippen LogP contribution < -0.4 is 5.73 Å². The van der Waals surface area contributed by atoms with Crippen molar-refractivity contribution in [1.82, 2.24) is 4.90 Å². The Kier molecular flexibility index (Phi) is 3.86. The quantitative estimate of drug-likeness (QED) is 0.921. The normalized spacial score (nSPS) is 24.1. The Labute approximate surface area is 121 Å². The number of rotatable bonds is 4. The van der Waals surface area contributed by atoms with Crippen LogP contribution in [0.3, 0.4) is 0 Å². The second-order valence-electron chi connectivity index (χ2n) is 5.78. The molecule has 104 valence electrons. The van der Waals surface area contributed by atoms with E-state index in [-0.39, 0.29) is 6.04 Å². The largest absolute Gasteiger partial charge is 0.327 e. The number of benzene rings is 2. The van der Waals surface area contributed by atoms with Crippen molar-refractivity contribution in [2.45, 2.75) is 31.5 Å². The van der Waals surface area contributed by atoms with Gasteiger partial charge in [-0.2, -0.15) is 0 Å². The molecule has 0 aliphatic carbocycles. The first-order valence-corrected chi connectivity index (χ1v) is 7.34. The fourth-order valence-corrected chi connectivity index (χ4v) is 3.29. The SMILES string of the molecule is C[C@@H](N)[C@@H]1[C@H](c2ccccc2)CN1Cc1ccccc1. The lowest BCUT2D eigenvalue weighted by Crippen LogP contribution is -2.60. The summed E-state index contributed by atoms with van der Waals surface area (Å²) in [6.45, 7) is 4.22. The topological polar surface area (TPSA) is 29.3 Å². The van der Waals surface area contributed by atoms with Gasteiger partial charge in [0.25, 0.3) is 0 Å². The van der Waals surface area contributed by atoms with Crippen molar-refractivity contribution in [3.63, 3.8) is 0 Å². The predicted octanol–water partition coefficient (Wildman–Crippen LogP) is 3.00. The van der Waals surface area contributed by atoms with Crippen molar-refractivity contribution in [2.75, 3.05) is 6.54 Å². The summed E-state index contributed by atoms with van der Waals surface area (Å²) in [5.74, 6) is 0.569. The van der Waals surface area contributed by atoms with E-state index in [1.54, 1.807) is 0 Å². The maximum Gasteiger partial charge on any atom is 0.0329 e. The Bertz CT molecular complexity index is 536. The van der Waals surface area contributed by atoms with Gasteiger partial charge in [-0.25, -0.2) is 0 Å². The second kappa shape index (κ2) is 5.78. The fourth-order valence-electron chi connectivity index (χ4n) is 3.29. The van der Waals surface area contributed by atoms with Gasteiger partial charge in [0.05, 0.1) is 0 Å². The average Bonchev–Trinajstić information content (AvgIpc) is 2.44. The van der Waals surface area contributed by atoms with E-state index < -0.39 is 0 Å². The van der Waals surface area contributed by atoms with E-state index in [0.717, 1.165) is 13.1 Å². The van der Waals surface area contributed by atoms with E-state index in [9.17, 15) is 0 Å².